The fourth-order valence-electron chi connectivity index (χ4n) is 8.21. The predicted molar refractivity (Wildman–Crippen MR) is 240 cm³/mol. The molecule has 1 aliphatic rings. The van der Waals surface area contributed by atoms with Crippen LogP contribution in [0, 0.1) is 0 Å². The lowest BCUT2D eigenvalue weighted by Crippen LogP contribution is -2.33. The summed E-state index contributed by atoms with van der Waals surface area (Å²) in [5, 5.41) is 8.78. The van der Waals surface area contributed by atoms with Crippen LogP contribution in [0.3, 0.4) is 0 Å². The lowest BCUT2D eigenvalue weighted by molar-refractivity contribution is 0.674. The highest BCUT2D eigenvalue weighted by Crippen LogP contribution is 2.44. The van der Waals surface area contributed by atoms with Gasteiger partial charge >= 0.3 is 0 Å². The molecule has 11 rings (SSSR count). The first-order valence-electron chi connectivity index (χ1n) is 19.2. The van der Waals surface area contributed by atoms with Crippen molar-refractivity contribution in [2.24, 2.45) is 9.98 Å². The monoisotopic (exact) mass is 749 g/mol. The molecule has 0 aliphatic carbocycles. The third-order valence-corrected chi connectivity index (χ3v) is 12.0. The number of anilines is 3. The molecule has 1 unspecified atom stereocenters. The number of hydrogen-bond donors (Lipinski definition) is 1. The van der Waals surface area contributed by atoms with Gasteiger partial charge in [0.1, 0.15) is 12.0 Å². The van der Waals surface area contributed by atoms with Gasteiger partial charge in [0.25, 0.3) is 0 Å². The minimum Gasteiger partial charge on any atom is -0.344 e. The highest BCUT2D eigenvalue weighted by Gasteiger charge is 2.25. The van der Waals surface area contributed by atoms with Gasteiger partial charge in [0.2, 0.25) is 0 Å². The number of para-hydroxylation sites is 3. The Morgan fingerprint density at radius 3 is 1.82 bits per heavy atom. The second-order valence-corrected chi connectivity index (χ2v) is 15.3. The van der Waals surface area contributed by atoms with E-state index in [4.69, 9.17) is 9.98 Å². The number of fused-ring (bicyclic) bond motifs is 7. The van der Waals surface area contributed by atoms with Crippen molar-refractivity contribution in [3.63, 3.8) is 0 Å². The van der Waals surface area contributed by atoms with Gasteiger partial charge in [-0.05, 0) is 54.6 Å². The number of nitrogens with zero attached hydrogens (tertiary/aromatic N) is 4. The van der Waals surface area contributed by atoms with Gasteiger partial charge in [-0.15, -0.1) is 11.3 Å². The smallest absolute Gasteiger partial charge is 0.159 e. The molecule has 1 N–H and O–H groups in total. The van der Waals surface area contributed by atoms with Crippen molar-refractivity contribution in [2.45, 2.75) is 6.17 Å². The molecule has 0 saturated carbocycles. The summed E-state index contributed by atoms with van der Waals surface area (Å²) in [6.07, 6.45) is -0.433. The van der Waals surface area contributed by atoms with Crippen LogP contribution in [0.1, 0.15) is 22.9 Å². The van der Waals surface area contributed by atoms with Gasteiger partial charge in [0.15, 0.2) is 5.84 Å². The molecule has 1 atom stereocenters. The van der Waals surface area contributed by atoms with E-state index in [1.807, 2.05) is 35.6 Å². The zero-order valence-electron chi connectivity index (χ0n) is 30.8. The highest BCUT2D eigenvalue weighted by molar-refractivity contribution is 7.26. The molecule has 3 heterocycles. The van der Waals surface area contributed by atoms with Crippen LogP contribution in [0.2, 0.25) is 0 Å². The van der Waals surface area contributed by atoms with Crippen molar-refractivity contribution >= 4 is 82.0 Å². The summed E-state index contributed by atoms with van der Waals surface area (Å²) in [5.74, 6) is 1.48. The largest absolute Gasteiger partial charge is 0.344 e. The zero-order valence-corrected chi connectivity index (χ0v) is 31.6. The first kappa shape index (κ1) is 33.1. The van der Waals surface area contributed by atoms with Gasteiger partial charge < -0.3 is 14.8 Å². The third kappa shape index (κ3) is 5.77. The summed E-state index contributed by atoms with van der Waals surface area (Å²) in [7, 11) is 0. The highest BCUT2D eigenvalue weighted by atomic mass is 32.1. The minimum atomic E-state index is -0.433. The molecule has 0 amide bonds. The van der Waals surface area contributed by atoms with Crippen molar-refractivity contribution in [1.82, 2.24) is 9.88 Å². The molecule has 5 nitrogen and oxygen atoms in total. The second kappa shape index (κ2) is 13.8. The van der Waals surface area contributed by atoms with Crippen LogP contribution in [0.15, 0.2) is 210 Å². The van der Waals surface area contributed by atoms with E-state index in [1.165, 1.54) is 36.5 Å². The molecule has 6 heteroatoms. The van der Waals surface area contributed by atoms with Crippen LogP contribution in [-0.4, -0.2) is 16.2 Å². The van der Waals surface area contributed by atoms with Gasteiger partial charge in [0.05, 0.1) is 15.7 Å². The van der Waals surface area contributed by atoms with Crippen LogP contribution < -0.4 is 10.2 Å². The summed E-state index contributed by atoms with van der Waals surface area (Å²) >= 11 is 1.87. The lowest BCUT2D eigenvalue weighted by Gasteiger charge is -2.29. The second-order valence-electron chi connectivity index (χ2n) is 14.3. The molecule has 0 bridgehead atoms. The maximum atomic E-state index is 5.36. The Morgan fingerprint density at radius 1 is 0.509 bits per heavy atom. The van der Waals surface area contributed by atoms with Crippen LogP contribution in [-0.2, 0) is 0 Å². The van der Waals surface area contributed by atoms with Crippen molar-refractivity contribution in [3.8, 4) is 5.69 Å². The number of aliphatic imine (C=N–C) groups is 2. The molecule has 10 aromatic rings. The number of amidine groups is 2. The Labute approximate surface area is 334 Å². The predicted octanol–water partition coefficient (Wildman–Crippen LogP) is 13.1. The number of rotatable bonds is 7. The van der Waals surface area contributed by atoms with Crippen molar-refractivity contribution < 1.29 is 0 Å². The Bertz CT molecular complexity index is 3110. The normalized spacial score (nSPS) is 14.1. The molecular weight excluding hydrogens is 715 g/mol. The van der Waals surface area contributed by atoms with Gasteiger partial charge in [0, 0.05) is 65.7 Å². The van der Waals surface area contributed by atoms with Gasteiger partial charge in [-0.3, -0.25) is 0 Å². The molecule has 0 radical (unpaired) electrons. The van der Waals surface area contributed by atoms with E-state index in [2.05, 4.69) is 191 Å². The van der Waals surface area contributed by atoms with Crippen LogP contribution in [0.25, 0.3) is 47.7 Å². The van der Waals surface area contributed by atoms with Crippen molar-refractivity contribution in [3.05, 3.63) is 217 Å². The van der Waals surface area contributed by atoms with Gasteiger partial charge in [-0.25, -0.2) is 9.98 Å². The Kier molecular flexibility index (Phi) is 8.00. The van der Waals surface area contributed by atoms with E-state index < -0.39 is 6.17 Å². The first-order chi connectivity index (χ1) is 28.3. The summed E-state index contributed by atoms with van der Waals surface area (Å²) in [6.45, 7) is 0. The molecule has 0 saturated heterocycles. The van der Waals surface area contributed by atoms with Crippen molar-refractivity contribution in [1.29, 1.82) is 0 Å². The number of benzene rings is 8. The molecule has 0 fully saturated rings. The van der Waals surface area contributed by atoms with Crippen LogP contribution in [0.5, 0.6) is 0 Å². The summed E-state index contributed by atoms with van der Waals surface area (Å²) in [4.78, 5) is 12.8. The molecule has 270 valence electrons. The average molecular weight is 750 g/mol. The fraction of sp³-hybridized carbons (Fsp3) is 0.0196. The maximum Gasteiger partial charge on any atom is 0.159 e. The average Bonchev–Trinajstić information content (AvgIpc) is 3.84. The number of thiophene rings is 1. The SMILES string of the molecule is c1ccc(C2=NC(c3cc(N(c4ccccc4)c4ccccc4)cc(-n4c5ccccc5c5ccc6c7ccccc7sc6c54)c3)NC(c3ccccc3)=N2)cc1. The van der Waals surface area contributed by atoms with Crippen LogP contribution in [0.4, 0.5) is 17.1 Å². The van der Waals surface area contributed by atoms with E-state index in [0.717, 1.165) is 50.8 Å². The zero-order chi connectivity index (χ0) is 37.7. The number of nitrogens with one attached hydrogen (secondary N) is 1. The third-order valence-electron chi connectivity index (χ3n) is 10.8. The Balaban J connectivity index is 1.21. The Morgan fingerprint density at radius 2 is 1.11 bits per heavy atom. The molecule has 2 aromatic heterocycles. The fourth-order valence-corrected chi connectivity index (χ4v) is 9.45. The standard InChI is InChI=1S/C51H35N5S/c1-5-17-34(18-6-1)49-52-50(35-19-7-2-8-20-35)54-51(53-49)36-31-39(55(37-21-9-3-10-22-37)38-23-11-4-12-24-38)33-40(32-36)56-45-27-15-13-25-41(45)43-29-30-44-42-26-14-16-28-46(42)57-48(44)47(43)56/h1-33,51H,(H,52,53,54). The summed E-state index contributed by atoms with van der Waals surface area (Å²) in [6, 6.07) is 70.9. The van der Waals surface area contributed by atoms with E-state index in [-0.39, 0.29) is 0 Å². The summed E-state index contributed by atoms with van der Waals surface area (Å²) < 4.78 is 5.03. The number of hydrogen-bond acceptors (Lipinski definition) is 5. The molecule has 8 aromatic carbocycles. The van der Waals surface area contributed by atoms with Gasteiger partial charge in [-0.1, -0.05) is 146 Å². The maximum absolute atomic E-state index is 5.36. The topological polar surface area (TPSA) is 44.9 Å². The summed E-state index contributed by atoms with van der Waals surface area (Å²) in [5.41, 5.74) is 9.57. The molecule has 1 aliphatic heterocycles. The minimum absolute atomic E-state index is 0.433. The van der Waals surface area contributed by atoms with E-state index in [9.17, 15) is 0 Å². The van der Waals surface area contributed by atoms with Gasteiger partial charge in [-0.2, -0.15) is 0 Å². The molecule has 57 heavy (non-hydrogen) atoms. The number of aromatic nitrogens is 1. The Hall–Kier alpha value is -7.28. The van der Waals surface area contributed by atoms with E-state index >= 15 is 0 Å². The molecular formula is C51H35N5S. The lowest BCUT2D eigenvalue weighted by atomic mass is 10.1. The van der Waals surface area contributed by atoms with Crippen LogP contribution >= 0.6 is 11.3 Å². The molecule has 0 spiro atoms. The first-order valence-corrected chi connectivity index (χ1v) is 20.0. The van der Waals surface area contributed by atoms with E-state index in [0.29, 0.717) is 5.84 Å². The van der Waals surface area contributed by atoms with Crippen molar-refractivity contribution in [2.75, 3.05) is 4.90 Å². The quantitative estimate of drug-likeness (QED) is 0.176. The van der Waals surface area contributed by atoms with E-state index in [1.54, 1.807) is 0 Å².